The molecule has 0 radical (unpaired) electrons. The smallest absolute Gasteiger partial charge is 0.219 e. The summed E-state index contributed by atoms with van der Waals surface area (Å²) in [5, 5.41) is 2.75. The van der Waals surface area contributed by atoms with Gasteiger partial charge in [-0.2, -0.15) is 0 Å². The van der Waals surface area contributed by atoms with Gasteiger partial charge in [0.15, 0.2) is 0 Å². The van der Waals surface area contributed by atoms with E-state index in [4.69, 9.17) is 0 Å². The SMILES string of the molecule is CC(=O)NCCN(C(C)=O)C1CCCCCC1. The topological polar surface area (TPSA) is 49.4 Å². The van der Waals surface area contributed by atoms with Crippen LogP contribution in [-0.2, 0) is 9.59 Å². The van der Waals surface area contributed by atoms with Gasteiger partial charge in [-0.05, 0) is 12.8 Å². The summed E-state index contributed by atoms with van der Waals surface area (Å²) in [6, 6.07) is 0.378. The average Bonchev–Trinajstić information content (AvgIpc) is 2.52. The van der Waals surface area contributed by atoms with Crippen LogP contribution < -0.4 is 5.32 Å². The van der Waals surface area contributed by atoms with Crippen LogP contribution in [0.2, 0.25) is 0 Å². The van der Waals surface area contributed by atoms with Crippen LogP contribution in [-0.4, -0.2) is 35.8 Å². The van der Waals surface area contributed by atoms with Crippen molar-refractivity contribution in [3.63, 3.8) is 0 Å². The molecule has 0 atom stereocenters. The Kier molecular flexibility index (Phi) is 6.01. The van der Waals surface area contributed by atoms with Crippen molar-refractivity contribution < 1.29 is 9.59 Å². The highest BCUT2D eigenvalue weighted by molar-refractivity contribution is 5.74. The van der Waals surface area contributed by atoms with Crippen molar-refractivity contribution in [3.8, 4) is 0 Å². The van der Waals surface area contributed by atoms with Crippen molar-refractivity contribution >= 4 is 11.8 Å². The fourth-order valence-electron chi connectivity index (χ4n) is 2.52. The molecule has 17 heavy (non-hydrogen) atoms. The molecule has 98 valence electrons. The third-order valence-corrected chi connectivity index (χ3v) is 3.40. The van der Waals surface area contributed by atoms with Crippen LogP contribution in [0.25, 0.3) is 0 Å². The van der Waals surface area contributed by atoms with Crippen molar-refractivity contribution in [2.75, 3.05) is 13.1 Å². The number of rotatable bonds is 4. The average molecular weight is 240 g/mol. The van der Waals surface area contributed by atoms with Crippen LogP contribution in [0.4, 0.5) is 0 Å². The summed E-state index contributed by atoms with van der Waals surface area (Å²) in [4.78, 5) is 24.4. The second-order valence-electron chi connectivity index (χ2n) is 4.84. The summed E-state index contributed by atoms with van der Waals surface area (Å²) in [5.74, 6) is 0.0941. The van der Waals surface area contributed by atoms with Crippen LogP contribution in [0.15, 0.2) is 0 Å². The largest absolute Gasteiger partial charge is 0.355 e. The highest BCUT2D eigenvalue weighted by Gasteiger charge is 2.21. The zero-order chi connectivity index (χ0) is 12.7. The van der Waals surface area contributed by atoms with E-state index in [2.05, 4.69) is 5.32 Å². The summed E-state index contributed by atoms with van der Waals surface area (Å²) in [6.07, 6.45) is 7.23. The van der Waals surface area contributed by atoms with Gasteiger partial charge in [0.25, 0.3) is 0 Å². The van der Waals surface area contributed by atoms with Gasteiger partial charge in [-0.1, -0.05) is 25.7 Å². The van der Waals surface area contributed by atoms with Crippen LogP contribution in [0.3, 0.4) is 0 Å². The van der Waals surface area contributed by atoms with Gasteiger partial charge in [0.2, 0.25) is 11.8 Å². The predicted octanol–water partition coefficient (Wildman–Crippen LogP) is 1.69. The van der Waals surface area contributed by atoms with E-state index >= 15 is 0 Å². The number of nitrogens with zero attached hydrogens (tertiary/aromatic N) is 1. The summed E-state index contributed by atoms with van der Waals surface area (Å²) < 4.78 is 0. The maximum absolute atomic E-state index is 11.6. The van der Waals surface area contributed by atoms with E-state index in [0.717, 1.165) is 12.8 Å². The Morgan fingerprint density at radius 3 is 2.18 bits per heavy atom. The molecule has 0 heterocycles. The number of carbonyl (C=O) groups is 2. The number of nitrogens with one attached hydrogen (secondary N) is 1. The zero-order valence-corrected chi connectivity index (χ0v) is 11.0. The van der Waals surface area contributed by atoms with E-state index in [0.29, 0.717) is 19.1 Å². The van der Waals surface area contributed by atoms with E-state index < -0.39 is 0 Å². The molecular weight excluding hydrogens is 216 g/mol. The Morgan fingerprint density at radius 2 is 1.71 bits per heavy atom. The van der Waals surface area contributed by atoms with Gasteiger partial charge in [-0.25, -0.2) is 0 Å². The molecule has 2 amide bonds. The molecule has 1 N–H and O–H groups in total. The standard InChI is InChI=1S/C13H24N2O2/c1-11(16)14-9-10-15(12(2)17)13-7-5-3-4-6-8-13/h13H,3-10H2,1-2H3,(H,14,16). The number of hydrogen-bond donors (Lipinski definition) is 1. The Labute approximate surface area is 104 Å². The maximum Gasteiger partial charge on any atom is 0.219 e. The molecule has 0 saturated heterocycles. The first-order chi connectivity index (χ1) is 8.11. The van der Waals surface area contributed by atoms with Gasteiger partial charge in [-0.15, -0.1) is 0 Å². The molecule has 0 spiro atoms. The minimum atomic E-state index is -0.0330. The van der Waals surface area contributed by atoms with Crippen LogP contribution in [0.1, 0.15) is 52.4 Å². The normalized spacial score (nSPS) is 17.3. The van der Waals surface area contributed by atoms with Crippen molar-refractivity contribution in [2.45, 2.75) is 58.4 Å². The molecule has 0 bridgehead atoms. The lowest BCUT2D eigenvalue weighted by atomic mass is 10.1. The molecule has 0 aromatic carbocycles. The monoisotopic (exact) mass is 240 g/mol. The molecular formula is C13H24N2O2. The number of hydrogen-bond acceptors (Lipinski definition) is 2. The number of carbonyl (C=O) groups excluding carboxylic acids is 2. The highest BCUT2D eigenvalue weighted by atomic mass is 16.2. The first kappa shape index (κ1) is 14.0. The van der Waals surface area contributed by atoms with Gasteiger partial charge in [0, 0.05) is 33.0 Å². The van der Waals surface area contributed by atoms with E-state index in [1.165, 1.54) is 32.6 Å². The summed E-state index contributed by atoms with van der Waals surface area (Å²) in [7, 11) is 0. The summed E-state index contributed by atoms with van der Waals surface area (Å²) >= 11 is 0. The third kappa shape index (κ3) is 5.20. The van der Waals surface area contributed by atoms with Crippen molar-refractivity contribution in [2.24, 2.45) is 0 Å². The van der Waals surface area contributed by atoms with E-state index in [9.17, 15) is 9.59 Å². The van der Waals surface area contributed by atoms with Crippen LogP contribution in [0.5, 0.6) is 0 Å². The molecule has 1 aliphatic carbocycles. The summed E-state index contributed by atoms with van der Waals surface area (Å²) in [6.45, 7) is 4.33. The Balaban J connectivity index is 2.45. The maximum atomic E-state index is 11.6. The van der Waals surface area contributed by atoms with Crippen molar-refractivity contribution in [1.82, 2.24) is 10.2 Å². The summed E-state index contributed by atoms with van der Waals surface area (Å²) in [5.41, 5.74) is 0. The lowest BCUT2D eigenvalue weighted by Gasteiger charge is -2.30. The molecule has 1 aliphatic rings. The van der Waals surface area contributed by atoms with Crippen LogP contribution >= 0.6 is 0 Å². The third-order valence-electron chi connectivity index (χ3n) is 3.40. The quantitative estimate of drug-likeness (QED) is 0.760. The van der Waals surface area contributed by atoms with E-state index in [1.807, 2.05) is 4.90 Å². The minimum Gasteiger partial charge on any atom is -0.355 e. The van der Waals surface area contributed by atoms with Gasteiger partial charge >= 0.3 is 0 Å². The first-order valence-electron chi connectivity index (χ1n) is 6.63. The van der Waals surface area contributed by atoms with Gasteiger partial charge in [0.1, 0.15) is 0 Å². The lowest BCUT2D eigenvalue weighted by molar-refractivity contribution is -0.131. The molecule has 0 unspecified atom stereocenters. The highest BCUT2D eigenvalue weighted by Crippen LogP contribution is 2.21. The second-order valence-corrected chi connectivity index (χ2v) is 4.84. The fraction of sp³-hybridized carbons (Fsp3) is 0.846. The molecule has 0 aromatic heterocycles. The van der Waals surface area contributed by atoms with Crippen molar-refractivity contribution in [1.29, 1.82) is 0 Å². The Hall–Kier alpha value is -1.06. The molecule has 1 fully saturated rings. The van der Waals surface area contributed by atoms with Crippen LogP contribution in [0, 0.1) is 0 Å². The minimum absolute atomic E-state index is 0.0330. The first-order valence-corrected chi connectivity index (χ1v) is 6.63. The molecule has 4 nitrogen and oxygen atoms in total. The van der Waals surface area contributed by atoms with Gasteiger partial charge in [-0.3, -0.25) is 9.59 Å². The number of amides is 2. The lowest BCUT2D eigenvalue weighted by Crippen LogP contribution is -2.43. The molecule has 4 heteroatoms. The fourth-order valence-corrected chi connectivity index (χ4v) is 2.52. The second kappa shape index (κ2) is 7.30. The Bertz CT molecular complexity index is 258. The Morgan fingerprint density at radius 1 is 1.12 bits per heavy atom. The molecule has 1 rings (SSSR count). The molecule has 1 saturated carbocycles. The zero-order valence-electron chi connectivity index (χ0n) is 11.0. The molecule has 0 aliphatic heterocycles. The van der Waals surface area contributed by atoms with Gasteiger partial charge in [0.05, 0.1) is 0 Å². The van der Waals surface area contributed by atoms with E-state index in [-0.39, 0.29) is 11.8 Å². The van der Waals surface area contributed by atoms with Gasteiger partial charge < -0.3 is 10.2 Å². The van der Waals surface area contributed by atoms with E-state index in [1.54, 1.807) is 6.92 Å². The predicted molar refractivity (Wildman–Crippen MR) is 67.6 cm³/mol. The molecule has 0 aromatic rings. The van der Waals surface area contributed by atoms with Crippen molar-refractivity contribution in [3.05, 3.63) is 0 Å².